The number of phosphoric ester groups is 2. The topological polar surface area (TPSA) is 231 Å². The maximum absolute atomic E-state index is 13.0. The summed E-state index contributed by atoms with van der Waals surface area (Å²) in [6, 6.07) is 0. The van der Waals surface area contributed by atoms with E-state index < -0.39 is 91.5 Å². The molecule has 4 N–H and O–H groups in total. The van der Waals surface area contributed by atoms with E-state index in [1.165, 1.54) is 173 Å². The number of ether oxygens (including phenoxy) is 3. The first-order valence-electron chi connectivity index (χ1n) is 44.5. The predicted molar refractivity (Wildman–Crippen MR) is 463 cm³/mol. The molecule has 0 rings (SSSR count). The van der Waals surface area contributed by atoms with Crippen LogP contribution in [0.5, 0.6) is 0 Å². The molecule has 111 heavy (non-hydrogen) atoms. The third kappa shape index (κ3) is 86.4. The lowest BCUT2D eigenvalue weighted by molar-refractivity contribution is -0.161. The number of carbonyl (C=O) groups excluding carboxylic acids is 3. The van der Waals surface area contributed by atoms with E-state index in [-0.39, 0.29) is 19.3 Å². The molecule has 0 aromatic carbocycles. The molecule has 0 aromatic rings. The highest BCUT2D eigenvalue weighted by molar-refractivity contribution is 7.47. The number of unbranched alkanes of at least 4 members (excludes halogenated alkanes) is 39. The molecule has 5 atom stereocenters. The van der Waals surface area contributed by atoms with Crippen LogP contribution in [-0.4, -0.2) is 95.9 Å². The minimum Gasteiger partial charge on any atom is -0.463 e. The van der Waals surface area contributed by atoms with Gasteiger partial charge in [0.25, 0.3) is 0 Å². The van der Waals surface area contributed by atoms with Crippen LogP contribution in [0.2, 0.25) is 0 Å². The third-order valence-corrected chi connectivity index (χ3v) is 20.8. The summed E-state index contributed by atoms with van der Waals surface area (Å²) in [7, 11) is -9.79. The molecule has 640 valence electrons. The molecule has 5 unspecified atom stereocenters. The van der Waals surface area contributed by atoms with E-state index in [0.717, 1.165) is 148 Å². The van der Waals surface area contributed by atoms with E-state index in [1.807, 2.05) is 0 Å². The fourth-order valence-corrected chi connectivity index (χ4v) is 13.8. The van der Waals surface area contributed by atoms with Gasteiger partial charge in [0.15, 0.2) is 6.10 Å². The lowest BCUT2D eigenvalue weighted by atomic mass is 10.0. The van der Waals surface area contributed by atoms with Crippen molar-refractivity contribution in [3.05, 3.63) is 134 Å². The van der Waals surface area contributed by atoms with E-state index >= 15 is 0 Å². The summed E-state index contributed by atoms with van der Waals surface area (Å²) in [4.78, 5) is 58.8. The van der Waals surface area contributed by atoms with Crippen molar-refractivity contribution in [1.29, 1.82) is 0 Å². The molecule has 0 aliphatic heterocycles. The van der Waals surface area contributed by atoms with Crippen molar-refractivity contribution >= 4 is 33.6 Å². The zero-order chi connectivity index (χ0) is 80.8. The SMILES string of the molecule is CC/C=C\C/C=C\C/C=C\C/C=C\C/C=C\C/C=C\CCCCCCCCCCCCC(=O)OCC(COP(=O)(O)OCC(O)COP(=O)(O)OCC(O)COC(=O)CCCCCCCCCCCCCCCCCCC/C=C\C/C=C\C/C=C\C/C=C\C/C=C\CC)OC(=O)CCCCCCCCCCCCCCC. The average Bonchev–Trinajstić information content (AvgIpc) is 0.900. The zero-order valence-corrected chi connectivity index (χ0v) is 72.1. The quantitative estimate of drug-likeness (QED) is 0.0146. The highest BCUT2D eigenvalue weighted by Crippen LogP contribution is 2.45. The molecule has 0 spiro atoms. The number of esters is 3. The van der Waals surface area contributed by atoms with Crippen molar-refractivity contribution in [2.24, 2.45) is 0 Å². The van der Waals surface area contributed by atoms with Gasteiger partial charge in [-0.15, -0.1) is 0 Å². The largest absolute Gasteiger partial charge is 0.472 e. The number of hydrogen-bond acceptors (Lipinski definition) is 14. The molecule has 0 aromatic heterocycles. The monoisotopic (exact) mass is 1600 g/mol. The molecular formula is C93H162O16P2. The number of rotatable bonds is 84. The molecule has 0 bridgehead atoms. The molecule has 0 fully saturated rings. The smallest absolute Gasteiger partial charge is 0.463 e. The maximum Gasteiger partial charge on any atom is 0.472 e. The van der Waals surface area contributed by atoms with Gasteiger partial charge < -0.3 is 34.2 Å². The molecule has 0 heterocycles. The van der Waals surface area contributed by atoms with Crippen molar-refractivity contribution in [3.63, 3.8) is 0 Å². The van der Waals surface area contributed by atoms with Crippen molar-refractivity contribution in [2.45, 2.75) is 399 Å². The van der Waals surface area contributed by atoms with Crippen LogP contribution in [0.15, 0.2) is 134 Å². The molecule has 0 radical (unpaired) electrons. The van der Waals surface area contributed by atoms with Crippen LogP contribution in [-0.2, 0) is 55.8 Å². The van der Waals surface area contributed by atoms with E-state index in [4.69, 9.17) is 32.3 Å². The van der Waals surface area contributed by atoms with Crippen LogP contribution in [0.1, 0.15) is 380 Å². The molecular weight excluding hydrogens is 1430 g/mol. The molecule has 0 aliphatic rings. The Morgan fingerprint density at radius 2 is 0.477 bits per heavy atom. The number of phosphoric acid groups is 2. The Hall–Kier alpha value is -4.31. The second kappa shape index (κ2) is 85.1. The van der Waals surface area contributed by atoms with Gasteiger partial charge in [-0.3, -0.25) is 32.5 Å². The summed E-state index contributed by atoms with van der Waals surface area (Å²) < 4.78 is 61.3. The number of carbonyl (C=O) groups is 3. The first-order chi connectivity index (χ1) is 54.2. The van der Waals surface area contributed by atoms with Crippen LogP contribution in [0.25, 0.3) is 0 Å². The van der Waals surface area contributed by atoms with Crippen molar-refractivity contribution in [1.82, 2.24) is 0 Å². The van der Waals surface area contributed by atoms with Gasteiger partial charge in [-0.2, -0.15) is 0 Å². The number of hydrogen-bond donors (Lipinski definition) is 4. The molecule has 0 saturated carbocycles. The second-order valence-corrected chi connectivity index (χ2v) is 32.6. The van der Waals surface area contributed by atoms with Crippen LogP contribution < -0.4 is 0 Å². The Balaban J connectivity index is 4.41. The predicted octanol–water partition coefficient (Wildman–Crippen LogP) is 27.0. The number of allylic oxidation sites excluding steroid dienone is 22. The highest BCUT2D eigenvalue weighted by atomic mass is 31.2. The first-order valence-corrected chi connectivity index (χ1v) is 47.5. The normalized spacial score (nSPS) is 14.5. The van der Waals surface area contributed by atoms with Gasteiger partial charge in [-0.1, -0.05) is 379 Å². The number of aliphatic hydroxyl groups is 2. The minimum atomic E-state index is -4.93. The second-order valence-electron chi connectivity index (χ2n) is 29.6. The summed E-state index contributed by atoms with van der Waals surface area (Å²) in [6.45, 7) is 2.50. The third-order valence-electron chi connectivity index (χ3n) is 18.9. The maximum atomic E-state index is 13.0. The van der Waals surface area contributed by atoms with Crippen LogP contribution in [0.4, 0.5) is 0 Å². The summed E-state index contributed by atoms with van der Waals surface area (Å²) in [5, 5.41) is 20.7. The summed E-state index contributed by atoms with van der Waals surface area (Å²) in [6.07, 6.45) is 105. The van der Waals surface area contributed by atoms with Gasteiger partial charge >= 0.3 is 33.6 Å². The van der Waals surface area contributed by atoms with Gasteiger partial charge in [0.2, 0.25) is 0 Å². The Morgan fingerprint density at radius 1 is 0.261 bits per heavy atom. The zero-order valence-electron chi connectivity index (χ0n) is 70.4. The molecule has 16 nitrogen and oxygen atoms in total. The van der Waals surface area contributed by atoms with Gasteiger partial charge in [-0.05, 0) is 116 Å². The highest BCUT2D eigenvalue weighted by Gasteiger charge is 2.29. The Morgan fingerprint density at radius 3 is 0.757 bits per heavy atom. The summed E-state index contributed by atoms with van der Waals surface area (Å²) in [5.41, 5.74) is 0. The Bertz CT molecular complexity index is 2550. The Labute approximate surface area is 677 Å². The van der Waals surface area contributed by atoms with Gasteiger partial charge in [0.05, 0.1) is 26.4 Å². The molecule has 0 amide bonds. The van der Waals surface area contributed by atoms with E-state index in [0.29, 0.717) is 19.3 Å². The fourth-order valence-electron chi connectivity index (χ4n) is 12.2. The standard InChI is InChI=1S/C93H162O16P2/c1-4-7-10-13-16-19-22-25-27-29-31-33-35-37-39-41-42-43-44-46-48-49-51-53-55-57-59-62-64-67-70-73-76-79-91(96)103-82-88(94)83-105-110(99,100)106-84-89(95)85-107-111(101,102)108-87-90(109-93(98)81-78-75-72-69-66-61-24-21-18-15-12-9-6-3)86-104-92(97)80-77-74-71-68-65-63-60-58-56-54-52-50-47-45-40-38-36-34-32-30-28-26-23-20-17-14-11-8-5-2/h7-8,10-11,16-17,19-20,25-28,31-34,37-40,47,50,88-90,94-95H,4-6,9,12-15,18,21-24,29-30,35-36,41-46,48-49,51-87H2,1-3H3,(H,99,100)(H,101,102)/b10-7-,11-8-,19-16-,20-17-,27-25-,28-26-,33-31-,34-32-,39-37-,40-38-,50-47-. The van der Waals surface area contributed by atoms with Crippen molar-refractivity contribution in [3.8, 4) is 0 Å². The van der Waals surface area contributed by atoms with E-state index in [9.17, 15) is 43.5 Å². The summed E-state index contributed by atoms with van der Waals surface area (Å²) >= 11 is 0. The molecule has 0 aliphatic carbocycles. The van der Waals surface area contributed by atoms with Gasteiger partial charge in [0.1, 0.15) is 25.4 Å². The average molecular weight is 1600 g/mol. The van der Waals surface area contributed by atoms with Crippen LogP contribution in [0, 0.1) is 0 Å². The molecule has 18 heteroatoms. The number of aliphatic hydroxyl groups excluding tert-OH is 2. The fraction of sp³-hybridized carbons (Fsp3) is 0.731. The van der Waals surface area contributed by atoms with Gasteiger partial charge in [0, 0.05) is 19.3 Å². The van der Waals surface area contributed by atoms with Crippen molar-refractivity contribution < 1.29 is 75.8 Å². The summed E-state index contributed by atoms with van der Waals surface area (Å²) in [5.74, 6) is -1.56. The van der Waals surface area contributed by atoms with E-state index in [2.05, 4.69) is 154 Å². The van der Waals surface area contributed by atoms with E-state index in [1.54, 1.807) is 0 Å². The van der Waals surface area contributed by atoms with Crippen molar-refractivity contribution in [2.75, 3.05) is 39.6 Å². The minimum absolute atomic E-state index is 0.106. The molecule has 0 saturated heterocycles. The van der Waals surface area contributed by atoms with Gasteiger partial charge in [-0.25, -0.2) is 9.13 Å². The Kier molecular flexibility index (Phi) is 81.8. The lowest BCUT2D eigenvalue weighted by Crippen LogP contribution is -2.30. The van der Waals surface area contributed by atoms with Crippen LogP contribution >= 0.6 is 15.6 Å². The van der Waals surface area contributed by atoms with Crippen LogP contribution in [0.3, 0.4) is 0 Å². The first kappa shape index (κ1) is 107. The lowest BCUT2D eigenvalue weighted by Gasteiger charge is -2.21.